The molecule has 0 amide bonds. The molecular formula is C19H15FN4S. The number of rotatable bonds is 4. The number of aromatic nitrogens is 1. The molecule has 1 heterocycles. The summed E-state index contributed by atoms with van der Waals surface area (Å²) in [5.74, 6) is -0.295. The lowest BCUT2D eigenvalue weighted by Gasteiger charge is -2.07. The van der Waals surface area contributed by atoms with E-state index in [1.165, 1.54) is 23.5 Å². The van der Waals surface area contributed by atoms with Crippen LogP contribution >= 0.6 is 11.3 Å². The van der Waals surface area contributed by atoms with Crippen molar-refractivity contribution in [3.63, 3.8) is 0 Å². The van der Waals surface area contributed by atoms with Crippen molar-refractivity contribution < 1.29 is 4.39 Å². The van der Waals surface area contributed by atoms with Gasteiger partial charge in [-0.15, -0.1) is 11.3 Å². The molecule has 0 radical (unpaired) electrons. The fraction of sp³-hybridized carbons (Fsp3) is 0.105. The van der Waals surface area contributed by atoms with E-state index in [4.69, 9.17) is 0 Å². The van der Waals surface area contributed by atoms with Crippen LogP contribution in [0.5, 0.6) is 0 Å². The van der Waals surface area contributed by atoms with Gasteiger partial charge >= 0.3 is 0 Å². The van der Waals surface area contributed by atoms with Gasteiger partial charge in [0.2, 0.25) is 0 Å². The molecule has 1 N–H and O–H groups in total. The summed E-state index contributed by atoms with van der Waals surface area (Å²) >= 11 is 1.33. The highest BCUT2D eigenvalue weighted by Crippen LogP contribution is 2.23. The van der Waals surface area contributed by atoms with Crippen LogP contribution in [0.3, 0.4) is 0 Å². The van der Waals surface area contributed by atoms with Crippen LogP contribution in [0.4, 0.5) is 10.1 Å². The van der Waals surface area contributed by atoms with Gasteiger partial charge in [0.25, 0.3) is 0 Å². The van der Waals surface area contributed by atoms with Crippen molar-refractivity contribution in [3.8, 4) is 17.3 Å². The third kappa shape index (κ3) is 3.73. The lowest BCUT2D eigenvalue weighted by Crippen LogP contribution is -2.02. The highest BCUT2D eigenvalue weighted by Gasteiger charge is 2.11. The number of anilines is 1. The minimum absolute atomic E-state index is 0.208. The van der Waals surface area contributed by atoms with Gasteiger partial charge in [-0.2, -0.15) is 10.4 Å². The van der Waals surface area contributed by atoms with Crippen LogP contribution in [0.2, 0.25) is 0 Å². The minimum Gasteiger partial charge on any atom is -0.277 e. The summed E-state index contributed by atoms with van der Waals surface area (Å²) in [4.78, 5) is 4.44. The quantitative estimate of drug-likeness (QED) is 0.537. The molecule has 0 saturated carbocycles. The molecule has 4 nitrogen and oxygen atoms in total. The van der Waals surface area contributed by atoms with Gasteiger partial charge in [-0.25, -0.2) is 9.37 Å². The van der Waals surface area contributed by atoms with Crippen LogP contribution in [-0.4, -0.2) is 10.7 Å². The largest absolute Gasteiger partial charge is 0.277 e. The summed E-state index contributed by atoms with van der Waals surface area (Å²) in [5, 5.41) is 15.9. The molecule has 25 heavy (non-hydrogen) atoms. The fourth-order valence-electron chi connectivity index (χ4n) is 2.24. The number of hydrogen-bond acceptors (Lipinski definition) is 5. The van der Waals surface area contributed by atoms with Crippen molar-refractivity contribution in [2.75, 3.05) is 5.43 Å². The number of halogens is 1. The molecule has 3 rings (SSSR count). The third-order valence-corrected chi connectivity index (χ3v) is 4.69. The number of nitrogens with one attached hydrogen (secondary N) is 1. The summed E-state index contributed by atoms with van der Waals surface area (Å²) in [6, 6.07) is 14.0. The molecular weight excluding hydrogens is 335 g/mol. The van der Waals surface area contributed by atoms with Gasteiger partial charge in [-0.1, -0.05) is 12.1 Å². The Kier molecular flexibility index (Phi) is 4.87. The molecule has 0 bridgehead atoms. The van der Waals surface area contributed by atoms with Gasteiger partial charge in [0, 0.05) is 10.9 Å². The van der Waals surface area contributed by atoms with Gasteiger partial charge in [0.15, 0.2) is 10.7 Å². The topological polar surface area (TPSA) is 61.1 Å². The Bertz CT molecular complexity index is 968. The SMILES string of the molecule is Cc1cccc(N/N=C(/C#N)c2nc(-c3ccc(F)cc3)cs2)c1C. The second kappa shape index (κ2) is 7.24. The summed E-state index contributed by atoms with van der Waals surface area (Å²) in [5.41, 5.74) is 7.71. The molecule has 0 aliphatic rings. The van der Waals surface area contributed by atoms with Crippen LogP contribution in [0.25, 0.3) is 11.3 Å². The predicted octanol–water partition coefficient (Wildman–Crippen LogP) is 4.91. The fourth-order valence-corrected chi connectivity index (χ4v) is 3.01. The van der Waals surface area contributed by atoms with Crippen molar-refractivity contribution >= 4 is 22.7 Å². The summed E-state index contributed by atoms with van der Waals surface area (Å²) in [6.45, 7) is 4.01. The molecule has 0 aliphatic heterocycles. The van der Waals surface area contributed by atoms with Crippen molar-refractivity contribution in [2.24, 2.45) is 5.10 Å². The standard InChI is InChI=1S/C19H15FN4S/c1-12-4-3-5-16(13(12)2)23-24-17(10-21)19-22-18(11-25-19)14-6-8-15(20)9-7-14/h3-9,11,23H,1-2H3/b24-17-. The van der Waals surface area contributed by atoms with Crippen LogP contribution < -0.4 is 5.43 Å². The normalized spacial score (nSPS) is 11.2. The van der Waals surface area contributed by atoms with Gasteiger partial charge in [0.1, 0.15) is 11.9 Å². The van der Waals surface area contributed by atoms with E-state index in [0.717, 1.165) is 22.4 Å². The predicted molar refractivity (Wildman–Crippen MR) is 99.2 cm³/mol. The van der Waals surface area contributed by atoms with E-state index in [9.17, 15) is 9.65 Å². The number of nitrogens with zero attached hydrogens (tertiary/aromatic N) is 3. The number of benzene rings is 2. The zero-order valence-electron chi connectivity index (χ0n) is 13.7. The number of nitriles is 1. The molecule has 0 aliphatic carbocycles. The zero-order chi connectivity index (χ0) is 17.8. The minimum atomic E-state index is -0.295. The Labute approximate surface area is 149 Å². The Balaban J connectivity index is 1.85. The van der Waals surface area contributed by atoms with E-state index in [0.29, 0.717) is 10.7 Å². The van der Waals surface area contributed by atoms with Crippen molar-refractivity contribution in [1.82, 2.24) is 4.98 Å². The zero-order valence-corrected chi connectivity index (χ0v) is 14.6. The van der Waals surface area contributed by atoms with Crippen LogP contribution in [0.1, 0.15) is 16.1 Å². The Morgan fingerprint density at radius 3 is 2.68 bits per heavy atom. The highest BCUT2D eigenvalue weighted by molar-refractivity contribution is 7.12. The molecule has 0 unspecified atom stereocenters. The van der Waals surface area contributed by atoms with Crippen LogP contribution in [0.15, 0.2) is 52.9 Å². The van der Waals surface area contributed by atoms with Crippen molar-refractivity contribution in [3.05, 3.63) is 69.8 Å². The van der Waals surface area contributed by atoms with E-state index in [2.05, 4.69) is 21.6 Å². The second-order valence-corrected chi connectivity index (χ2v) is 6.33. The molecule has 124 valence electrons. The number of thiazole rings is 1. The molecule has 3 aromatic rings. The van der Waals surface area contributed by atoms with Crippen LogP contribution in [-0.2, 0) is 0 Å². The number of aryl methyl sites for hydroxylation is 1. The first-order chi connectivity index (χ1) is 12.1. The highest BCUT2D eigenvalue weighted by atomic mass is 32.1. The third-order valence-electron chi connectivity index (χ3n) is 3.85. The first-order valence-corrected chi connectivity index (χ1v) is 8.48. The Morgan fingerprint density at radius 2 is 1.96 bits per heavy atom. The van der Waals surface area contributed by atoms with Gasteiger partial charge in [-0.3, -0.25) is 5.43 Å². The van der Waals surface area contributed by atoms with Crippen molar-refractivity contribution in [1.29, 1.82) is 5.26 Å². The average molecular weight is 350 g/mol. The lowest BCUT2D eigenvalue weighted by atomic mass is 10.1. The number of hydrogen-bond donors (Lipinski definition) is 1. The van der Waals surface area contributed by atoms with E-state index < -0.39 is 0 Å². The molecule has 1 aromatic heterocycles. The maximum absolute atomic E-state index is 13.0. The second-order valence-electron chi connectivity index (χ2n) is 5.48. The molecule has 0 fully saturated rings. The maximum Gasteiger partial charge on any atom is 0.196 e. The van der Waals surface area contributed by atoms with Gasteiger partial charge in [0.05, 0.1) is 11.4 Å². The van der Waals surface area contributed by atoms with Gasteiger partial charge in [-0.05, 0) is 55.3 Å². The average Bonchev–Trinajstić information content (AvgIpc) is 3.09. The van der Waals surface area contributed by atoms with E-state index in [1.54, 1.807) is 12.1 Å². The lowest BCUT2D eigenvalue weighted by molar-refractivity contribution is 0.628. The van der Waals surface area contributed by atoms with E-state index in [1.807, 2.05) is 37.4 Å². The first-order valence-electron chi connectivity index (χ1n) is 7.60. The van der Waals surface area contributed by atoms with Gasteiger partial charge < -0.3 is 0 Å². The summed E-state index contributed by atoms with van der Waals surface area (Å²) in [7, 11) is 0. The molecule has 0 spiro atoms. The van der Waals surface area contributed by atoms with E-state index in [-0.39, 0.29) is 11.5 Å². The summed E-state index contributed by atoms with van der Waals surface area (Å²) in [6.07, 6.45) is 0. The molecule has 0 atom stereocenters. The first kappa shape index (κ1) is 16.8. The van der Waals surface area contributed by atoms with Crippen molar-refractivity contribution in [2.45, 2.75) is 13.8 Å². The Hall–Kier alpha value is -3.04. The Morgan fingerprint density at radius 1 is 1.20 bits per heavy atom. The smallest absolute Gasteiger partial charge is 0.196 e. The molecule has 0 saturated heterocycles. The monoisotopic (exact) mass is 350 g/mol. The molecule has 2 aromatic carbocycles. The van der Waals surface area contributed by atoms with E-state index >= 15 is 0 Å². The maximum atomic E-state index is 13.0. The summed E-state index contributed by atoms with van der Waals surface area (Å²) < 4.78 is 13.0. The number of hydrazone groups is 1. The van der Waals surface area contributed by atoms with Crippen LogP contribution in [0, 0.1) is 31.0 Å². The molecule has 6 heteroatoms.